The molecular weight excluding hydrogens is 209 g/mol. The summed E-state index contributed by atoms with van der Waals surface area (Å²) < 4.78 is 13.5. The lowest BCUT2D eigenvalue weighted by atomic mass is 10.2. The van der Waals surface area contributed by atoms with E-state index >= 15 is 0 Å². The molecule has 0 spiro atoms. The van der Waals surface area contributed by atoms with Gasteiger partial charge in [-0.2, -0.15) is 0 Å². The molecule has 1 aromatic rings. The molecule has 4 heteroatoms. The molecule has 16 heavy (non-hydrogen) atoms. The topological polar surface area (TPSA) is 40.5 Å². The van der Waals surface area contributed by atoms with Gasteiger partial charge in [0.15, 0.2) is 0 Å². The molecule has 0 saturated heterocycles. The van der Waals surface area contributed by atoms with Crippen LogP contribution in [0.1, 0.15) is 6.42 Å². The van der Waals surface area contributed by atoms with Gasteiger partial charge in [-0.3, -0.25) is 4.79 Å². The molecule has 0 fully saturated rings. The van der Waals surface area contributed by atoms with Crippen molar-refractivity contribution >= 4 is 11.7 Å². The highest BCUT2D eigenvalue weighted by Crippen LogP contribution is 2.18. The van der Waals surface area contributed by atoms with Crippen molar-refractivity contribution in [3.8, 4) is 0 Å². The highest BCUT2D eigenvalue weighted by molar-refractivity contribution is 5.67. The quantitative estimate of drug-likeness (QED) is 0.752. The van der Waals surface area contributed by atoms with Crippen LogP contribution in [0, 0.1) is 5.82 Å². The van der Waals surface area contributed by atoms with Crippen molar-refractivity contribution in [2.75, 3.05) is 18.0 Å². The van der Waals surface area contributed by atoms with E-state index < -0.39 is 5.97 Å². The Hall–Kier alpha value is -1.84. The van der Waals surface area contributed by atoms with Gasteiger partial charge in [0.25, 0.3) is 0 Å². The Morgan fingerprint density at radius 1 is 1.50 bits per heavy atom. The van der Waals surface area contributed by atoms with Gasteiger partial charge in [0.1, 0.15) is 5.82 Å². The number of nitrogens with zero attached hydrogens (tertiary/aromatic N) is 1. The SMILES string of the molecule is C=CCN(CCC(=O)O)c1ccccc1F. The Morgan fingerprint density at radius 2 is 2.19 bits per heavy atom. The molecule has 0 aliphatic heterocycles. The number of anilines is 1. The maximum atomic E-state index is 13.5. The molecule has 0 heterocycles. The maximum absolute atomic E-state index is 13.5. The summed E-state index contributed by atoms with van der Waals surface area (Å²) in [5.41, 5.74) is 0.406. The van der Waals surface area contributed by atoms with Crippen LogP contribution in [0.25, 0.3) is 0 Å². The lowest BCUT2D eigenvalue weighted by molar-refractivity contribution is -0.136. The predicted octanol–water partition coefficient (Wildman–Crippen LogP) is 2.29. The second-order valence-electron chi connectivity index (χ2n) is 3.33. The van der Waals surface area contributed by atoms with Crippen molar-refractivity contribution in [2.24, 2.45) is 0 Å². The van der Waals surface area contributed by atoms with Crippen LogP contribution < -0.4 is 4.90 Å². The van der Waals surface area contributed by atoms with Crippen LogP contribution in [0.5, 0.6) is 0 Å². The Morgan fingerprint density at radius 3 is 2.75 bits per heavy atom. The van der Waals surface area contributed by atoms with Crippen LogP contribution in [0.3, 0.4) is 0 Å². The standard InChI is InChI=1S/C12H14FNO2/c1-2-8-14(9-7-12(15)16)11-6-4-3-5-10(11)13/h2-6H,1,7-9H2,(H,15,16). The molecular formula is C12H14FNO2. The zero-order chi connectivity index (χ0) is 12.0. The van der Waals surface area contributed by atoms with Crippen molar-refractivity contribution in [1.29, 1.82) is 0 Å². The molecule has 86 valence electrons. The molecule has 0 bridgehead atoms. The van der Waals surface area contributed by atoms with Crippen molar-refractivity contribution in [1.82, 2.24) is 0 Å². The lowest BCUT2D eigenvalue weighted by Crippen LogP contribution is -2.27. The number of carbonyl (C=O) groups is 1. The summed E-state index contributed by atoms with van der Waals surface area (Å²) in [5.74, 6) is -1.25. The first-order valence-electron chi connectivity index (χ1n) is 4.97. The minimum absolute atomic E-state index is 0.0256. The summed E-state index contributed by atoms with van der Waals surface area (Å²) in [6, 6.07) is 6.30. The molecule has 0 atom stereocenters. The third-order valence-corrected chi connectivity index (χ3v) is 2.14. The van der Waals surface area contributed by atoms with Gasteiger partial charge >= 0.3 is 5.97 Å². The van der Waals surface area contributed by atoms with Crippen LogP contribution >= 0.6 is 0 Å². The van der Waals surface area contributed by atoms with Crippen molar-refractivity contribution in [2.45, 2.75) is 6.42 Å². The number of rotatable bonds is 6. The second-order valence-corrected chi connectivity index (χ2v) is 3.33. The fraction of sp³-hybridized carbons (Fsp3) is 0.250. The molecule has 0 aliphatic carbocycles. The summed E-state index contributed by atoms with van der Waals surface area (Å²) in [6.07, 6.45) is 1.59. The fourth-order valence-electron chi connectivity index (χ4n) is 1.40. The predicted molar refractivity (Wildman–Crippen MR) is 61.1 cm³/mol. The van der Waals surface area contributed by atoms with E-state index in [4.69, 9.17) is 5.11 Å². The summed E-state index contributed by atoms with van der Waals surface area (Å²) >= 11 is 0. The third-order valence-electron chi connectivity index (χ3n) is 2.14. The number of aliphatic carboxylic acids is 1. The first-order chi connectivity index (χ1) is 7.65. The number of hydrogen-bond donors (Lipinski definition) is 1. The third kappa shape index (κ3) is 3.38. The van der Waals surface area contributed by atoms with Crippen molar-refractivity contribution in [3.63, 3.8) is 0 Å². The van der Waals surface area contributed by atoms with Crippen molar-refractivity contribution < 1.29 is 14.3 Å². The molecule has 3 nitrogen and oxygen atoms in total. The monoisotopic (exact) mass is 223 g/mol. The van der Waals surface area contributed by atoms with Gasteiger partial charge in [-0.15, -0.1) is 6.58 Å². The largest absolute Gasteiger partial charge is 0.481 e. The van der Waals surface area contributed by atoms with Gasteiger partial charge in [-0.1, -0.05) is 18.2 Å². The number of carboxylic acid groups (broad SMARTS) is 1. The second kappa shape index (κ2) is 5.90. The highest BCUT2D eigenvalue weighted by atomic mass is 19.1. The average molecular weight is 223 g/mol. The molecule has 0 amide bonds. The highest BCUT2D eigenvalue weighted by Gasteiger charge is 2.10. The molecule has 0 radical (unpaired) electrons. The van der Waals surface area contributed by atoms with Gasteiger partial charge in [0.2, 0.25) is 0 Å². The minimum atomic E-state index is -0.898. The molecule has 0 saturated carbocycles. The van der Waals surface area contributed by atoms with E-state index in [-0.39, 0.29) is 18.8 Å². The molecule has 0 aliphatic rings. The van der Waals surface area contributed by atoms with Gasteiger partial charge in [-0.25, -0.2) is 4.39 Å². The van der Waals surface area contributed by atoms with E-state index in [0.29, 0.717) is 12.2 Å². The number of para-hydroxylation sites is 1. The zero-order valence-electron chi connectivity index (χ0n) is 8.90. The Balaban J connectivity index is 2.80. The van der Waals surface area contributed by atoms with E-state index in [1.807, 2.05) is 0 Å². The number of carboxylic acids is 1. The van der Waals surface area contributed by atoms with Crippen LogP contribution in [-0.4, -0.2) is 24.2 Å². The molecule has 0 aromatic heterocycles. The molecule has 0 unspecified atom stereocenters. The van der Waals surface area contributed by atoms with Crippen LogP contribution in [0.2, 0.25) is 0 Å². The summed E-state index contributed by atoms with van der Waals surface area (Å²) in [7, 11) is 0. The van der Waals surface area contributed by atoms with Gasteiger partial charge < -0.3 is 10.0 Å². The van der Waals surface area contributed by atoms with Gasteiger partial charge in [-0.05, 0) is 12.1 Å². The summed E-state index contributed by atoms with van der Waals surface area (Å²) in [4.78, 5) is 12.1. The van der Waals surface area contributed by atoms with E-state index in [1.54, 1.807) is 29.2 Å². The molecule has 1 rings (SSSR count). The summed E-state index contributed by atoms with van der Waals surface area (Å²) in [5, 5.41) is 8.60. The van der Waals surface area contributed by atoms with E-state index in [9.17, 15) is 9.18 Å². The Bertz CT molecular complexity index is 379. The zero-order valence-corrected chi connectivity index (χ0v) is 8.90. The molecule has 1 N–H and O–H groups in total. The van der Waals surface area contributed by atoms with Crippen LogP contribution in [0.15, 0.2) is 36.9 Å². The first kappa shape index (κ1) is 12.2. The fourth-order valence-corrected chi connectivity index (χ4v) is 1.40. The first-order valence-corrected chi connectivity index (χ1v) is 4.97. The minimum Gasteiger partial charge on any atom is -0.481 e. The Labute approximate surface area is 93.8 Å². The lowest BCUT2D eigenvalue weighted by Gasteiger charge is -2.22. The average Bonchev–Trinajstić information content (AvgIpc) is 2.25. The number of benzene rings is 1. The van der Waals surface area contributed by atoms with Crippen LogP contribution in [-0.2, 0) is 4.79 Å². The van der Waals surface area contributed by atoms with Crippen molar-refractivity contribution in [3.05, 3.63) is 42.7 Å². The van der Waals surface area contributed by atoms with E-state index in [1.165, 1.54) is 6.07 Å². The maximum Gasteiger partial charge on any atom is 0.305 e. The number of halogens is 1. The Kier molecular flexibility index (Phi) is 4.51. The smallest absolute Gasteiger partial charge is 0.305 e. The number of hydrogen-bond acceptors (Lipinski definition) is 2. The van der Waals surface area contributed by atoms with Gasteiger partial charge in [0.05, 0.1) is 12.1 Å². The van der Waals surface area contributed by atoms with E-state index in [0.717, 1.165) is 0 Å². The molecule has 1 aromatic carbocycles. The van der Waals surface area contributed by atoms with E-state index in [2.05, 4.69) is 6.58 Å². The normalized spacial score (nSPS) is 9.81. The van der Waals surface area contributed by atoms with Crippen LogP contribution in [0.4, 0.5) is 10.1 Å². The van der Waals surface area contributed by atoms with Gasteiger partial charge in [0, 0.05) is 13.1 Å². The summed E-state index contributed by atoms with van der Waals surface area (Å²) in [6.45, 7) is 4.26.